The van der Waals surface area contributed by atoms with Crippen molar-refractivity contribution >= 4 is 22.7 Å². The topological polar surface area (TPSA) is 59.5 Å². The van der Waals surface area contributed by atoms with Crippen LogP contribution in [0.25, 0.3) is 10.9 Å². The van der Waals surface area contributed by atoms with Crippen molar-refractivity contribution in [2.24, 2.45) is 5.92 Å². The molecule has 1 unspecified atom stereocenters. The van der Waals surface area contributed by atoms with Crippen LogP contribution in [0.3, 0.4) is 0 Å². The molecule has 5 heteroatoms. The molecule has 1 aliphatic carbocycles. The van der Waals surface area contributed by atoms with Crippen molar-refractivity contribution in [3.63, 3.8) is 0 Å². The molecule has 1 aromatic heterocycles. The van der Waals surface area contributed by atoms with E-state index >= 15 is 0 Å². The monoisotopic (exact) mass is 490 g/mol. The Balaban J connectivity index is 1.19. The molecule has 0 bridgehead atoms. The van der Waals surface area contributed by atoms with Gasteiger partial charge in [-0.2, -0.15) is 0 Å². The standard InChI is InChI=1S/C32H30N2O3/c35-31-27-11-5-6-12-28(27)32(36)34(31)37-30(24-9-2-1-3-10-24)25-17-14-22(15-18-25)16-20-26-21-19-23-8-4-7-13-29(23)33-26/h4-8,11-15,17-19,21,24,30H,1-3,9-10,16,20H2. The van der Waals surface area contributed by atoms with Crippen LogP contribution in [-0.2, 0) is 17.7 Å². The van der Waals surface area contributed by atoms with Gasteiger partial charge in [-0.3, -0.25) is 19.4 Å². The Kier molecular flexibility index (Phi) is 6.54. The second kappa shape index (κ2) is 10.3. The van der Waals surface area contributed by atoms with Gasteiger partial charge in [0, 0.05) is 11.1 Å². The van der Waals surface area contributed by atoms with Crippen LogP contribution in [0.15, 0.2) is 84.9 Å². The van der Waals surface area contributed by atoms with Gasteiger partial charge in [0.15, 0.2) is 0 Å². The number of aryl methyl sites for hydroxylation is 2. The van der Waals surface area contributed by atoms with Crippen molar-refractivity contribution in [2.45, 2.75) is 51.0 Å². The molecule has 4 aromatic rings. The Bertz CT molecular complexity index is 1410. The quantitative estimate of drug-likeness (QED) is 0.265. The Morgan fingerprint density at radius 3 is 2.16 bits per heavy atom. The average Bonchev–Trinajstić information content (AvgIpc) is 3.20. The highest BCUT2D eigenvalue weighted by atomic mass is 16.7. The van der Waals surface area contributed by atoms with Gasteiger partial charge in [-0.15, -0.1) is 5.06 Å². The average molecular weight is 491 g/mol. The first-order valence-electron chi connectivity index (χ1n) is 13.3. The first-order chi connectivity index (χ1) is 18.2. The highest BCUT2D eigenvalue weighted by molar-refractivity contribution is 6.20. The third-order valence-corrected chi connectivity index (χ3v) is 7.69. The molecule has 2 amide bonds. The first-order valence-corrected chi connectivity index (χ1v) is 13.3. The summed E-state index contributed by atoms with van der Waals surface area (Å²) in [5.41, 5.74) is 5.16. The zero-order valence-electron chi connectivity index (χ0n) is 20.8. The number of imide groups is 1. The van der Waals surface area contributed by atoms with E-state index in [1.165, 1.54) is 12.0 Å². The number of carbonyl (C=O) groups excluding carboxylic acids is 2. The summed E-state index contributed by atoms with van der Waals surface area (Å²) >= 11 is 0. The van der Waals surface area contributed by atoms with Crippen LogP contribution in [0.1, 0.15) is 75.7 Å². The second-order valence-electron chi connectivity index (χ2n) is 10.1. The van der Waals surface area contributed by atoms with Gasteiger partial charge in [-0.05, 0) is 67.0 Å². The number of fused-ring (bicyclic) bond motifs is 2. The van der Waals surface area contributed by atoms with E-state index in [4.69, 9.17) is 9.82 Å². The fourth-order valence-corrected chi connectivity index (χ4v) is 5.63. The molecule has 1 fully saturated rings. The minimum atomic E-state index is -0.374. The van der Waals surface area contributed by atoms with Crippen LogP contribution >= 0.6 is 0 Å². The summed E-state index contributed by atoms with van der Waals surface area (Å²) in [7, 11) is 0. The molecule has 0 N–H and O–H groups in total. The van der Waals surface area contributed by atoms with Gasteiger partial charge in [0.1, 0.15) is 6.10 Å². The molecular formula is C32H30N2O3. The Morgan fingerprint density at radius 1 is 0.757 bits per heavy atom. The predicted molar refractivity (Wildman–Crippen MR) is 143 cm³/mol. The van der Waals surface area contributed by atoms with Crippen molar-refractivity contribution < 1.29 is 14.4 Å². The van der Waals surface area contributed by atoms with Crippen LogP contribution in [0.4, 0.5) is 0 Å². The number of hydrogen-bond acceptors (Lipinski definition) is 4. The lowest BCUT2D eigenvalue weighted by Crippen LogP contribution is -2.34. The molecule has 2 aliphatic rings. The highest BCUT2D eigenvalue weighted by Crippen LogP contribution is 2.39. The van der Waals surface area contributed by atoms with E-state index in [9.17, 15) is 9.59 Å². The van der Waals surface area contributed by atoms with E-state index in [1.54, 1.807) is 24.3 Å². The minimum Gasteiger partial charge on any atom is -0.266 e. The number of hydroxylamine groups is 2. The summed E-state index contributed by atoms with van der Waals surface area (Å²) in [6, 6.07) is 27.8. The number of carbonyl (C=O) groups is 2. The summed E-state index contributed by atoms with van der Waals surface area (Å²) in [6.45, 7) is 0. The third-order valence-electron chi connectivity index (χ3n) is 7.69. The SMILES string of the molecule is O=C1c2ccccc2C(=O)N1OC(c1ccc(CCc2ccc3ccccc3n2)cc1)C1CCCCC1. The van der Waals surface area contributed by atoms with E-state index in [0.717, 1.165) is 65.7 Å². The summed E-state index contributed by atoms with van der Waals surface area (Å²) < 4.78 is 0. The number of amides is 2. The molecular weight excluding hydrogens is 460 g/mol. The summed E-state index contributed by atoms with van der Waals surface area (Å²) in [6.07, 6.45) is 6.98. The summed E-state index contributed by atoms with van der Waals surface area (Å²) in [4.78, 5) is 37.0. The minimum absolute atomic E-state index is 0.269. The van der Waals surface area contributed by atoms with E-state index in [0.29, 0.717) is 11.1 Å². The first kappa shape index (κ1) is 23.6. The van der Waals surface area contributed by atoms with Gasteiger partial charge in [0.2, 0.25) is 0 Å². The fourth-order valence-electron chi connectivity index (χ4n) is 5.63. The number of benzene rings is 3. The van der Waals surface area contributed by atoms with Gasteiger partial charge in [-0.1, -0.05) is 79.9 Å². The van der Waals surface area contributed by atoms with Crippen molar-refractivity contribution in [3.8, 4) is 0 Å². The Labute approximate surface area is 217 Å². The van der Waals surface area contributed by atoms with Gasteiger partial charge < -0.3 is 0 Å². The molecule has 1 aliphatic heterocycles. The number of para-hydroxylation sites is 1. The molecule has 37 heavy (non-hydrogen) atoms. The van der Waals surface area contributed by atoms with Crippen molar-refractivity contribution in [3.05, 3.63) is 113 Å². The molecule has 1 saturated carbocycles. The number of rotatable bonds is 7. The van der Waals surface area contributed by atoms with E-state index < -0.39 is 0 Å². The van der Waals surface area contributed by atoms with Crippen LogP contribution in [0.2, 0.25) is 0 Å². The molecule has 0 saturated heterocycles. The van der Waals surface area contributed by atoms with Gasteiger partial charge >= 0.3 is 0 Å². The largest absolute Gasteiger partial charge is 0.285 e. The molecule has 0 spiro atoms. The zero-order valence-corrected chi connectivity index (χ0v) is 20.8. The smallest absolute Gasteiger partial charge is 0.266 e. The van der Waals surface area contributed by atoms with Crippen molar-refractivity contribution in [1.29, 1.82) is 0 Å². The van der Waals surface area contributed by atoms with Crippen LogP contribution in [-0.4, -0.2) is 21.9 Å². The number of pyridine rings is 1. The molecule has 5 nitrogen and oxygen atoms in total. The Morgan fingerprint density at radius 2 is 1.43 bits per heavy atom. The predicted octanol–water partition coefficient (Wildman–Crippen LogP) is 6.87. The summed E-state index contributed by atoms with van der Waals surface area (Å²) in [5, 5.41) is 2.14. The maximum atomic E-state index is 13.0. The molecule has 0 radical (unpaired) electrons. The van der Waals surface area contributed by atoms with Gasteiger partial charge in [0.25, 0.3) is 11.8 Å². The highest BCUT2D eigenvalue weighted by Gasteiger charge is 2.40. The fraction of sp³-hybridized carbons (Fsp3) is 0.281. The van der Waals surface area contributed by atoms with E-state index in [2.05, 4.69) is 42.5 Å². The number of nitrogens with zero attached hydrogens (tertiary/aromatic N) is 2. The lowest BCUT2D eigenvalue weighted by Gasteiger charge is -2.32. The molecule has 186 valence electrons. The maximum absolute atomic E-state index is 13.0. The zero-order chi connectivity index (χ0) is 25.2. The lowest BCUT2D eigenvalue weighted by atomic mass is 9.82. The molecule has 6 rings (SSSR count). The van der Waals surface area contributed by atoms with Crippen molar-refractivity contribution in [1.82, 2.24) is 10.0 Å². The number of aromatic nitrogens is 1. The molecule has 1 atom stereocenters. The van der Waals surface area contributed by atoms with Gasteiger partial charge in [-0.25, -0.2) is 0 Å². The van der Waals surface area contributed by atoms with Crippen molar-refractivity contribution in [2.75, 3.05) is 0 Å². The van der Waals surface area contributed by atoms with Gasteiger partial charge in [0.05, 0.1) is 16.6 Å². The molecule has 3 aromatic carbocycles. The van der Waals surface area contributed by atoms with Crippen LogP contribution < -0.4 is 0 Å². The lowest BCUT2D eigenvalue weighted by molar-refractivity contribution is -0.156. The summed E-state index contributed by atoms with van der Waals surface area (Å²) in [5.74, 6) is -0.479. The second-order valence-corrected chi connectivity index (χ2v) is 10.1. The van der Waals surface area contributed by atoms with Crippen LogP contribution in [0, 0.1) is 5.92 Å². The Hall–Kier alpha value is -3.83. The number of hydrogen-bond donors (Lipinski definition) is 0. The third kappa shape index (κ3) is 4.79. The van der Waals surface area contributed by atoms with E-state index in [-0.39, 0.29) is 23.8 Å². The molecule has 2 heterocycles. The van der Waals surface area contributed by atoms with E-state index in [1.807, 2.05) is 18.2 Å². The maximum Gasteiger partial charge on any atom is 0.285 e. The van der Waals surface area contributed by atoms with Crippen LogP contribution in [0.5, 0.6) is 0 Å². The normalized spacial score (nSPS) is 16.8.